The first-order chi connectivity index (χ1) is 11.4. The van der Waals surface area contributed by atoms with E-state index in [1.807, 2.05) is 0 Å². The molecule has 0 bridgehead atoms. The standard InChI is InChI=1S/C18H14Cl2O4/c1-24-17-8-5-11(9-12(17)10-18(22)23)16(21)7-6-13-14(19)3-2-4-15(13)20/h2-9H,10H2,1H3,(H,22,23)/p-1/b7-6+. The second-order valence-electron chi connectivity index (χ2n) is 4.91. The summed E-state index contributed by atoms with van der Waals surface area (Å²) in [6.07, 6.45) is 2.51. The largest absolute Gasteiger partial charge is 0.550 e. The fourth-order valence-corrected chi connectivity index (χ4v) is 2.67. The molecule has 0 heterocycles. The minimum absolute atomic E-state index is 0.312. The highest BCUT2D eigenvalue weighted by molar-refractivity contribution is 6.37. The van der Waals surface area contributed by atoms with Crippen molar-refractivity contribution in [2.75, 3.05) is 7.11 Å². The zero-order valence-corrected chi connectivity index (χ0v) is 14.2. The van der Waals surface area contributed by atoms with Crippen LogP contribution in [0.25, 0.3) is 6.08 Å². The molecule has 0 N–H and O–H groups in total. The summed E-state index contributed by atoms with van der Waals surface area (Å²) in [6, 6.07) is 9.61. The van der Waals surface area contributed by atoms with Crippen LogP contribution in [0.2, 0.25) is 10.0 Å². The second-order valence-corrected chi connectivity index (χ2v) is 5.72. The molecule has 0 aliphatic rings. The van der Waals surface area contributed by atoms with Gasteiger partial charge in [-0.2, -0.15) is 0 Å². The number of ketones is 1. The molecule has 0 radical (unpaired) electrons. The number of carboxylic acid groups (broad SMARTS) is 1. The van der Waals surface area contributed by atoms with Crippen molar-refractivity contribution in [3.8, 4) is 5.75 Å². The van der Waals surface area contributed by atoms with Gasteiger partial charge in [-0.1, -0.05) is 29.3 Å². The molecular formula is C18H13Cl2O4-. The molecule has 0 spiro atoms. The number of carbonyl (C=O) groups is 2. The number of methoxy groups -OCH3 is 1. The van der Waals surface area contributed by atoms with E-state index < -0.39 is 5.97 Å². The summed E-state index contributed by atoms with van der Waals surface area (Å²) in [5.74, 6) is -1.18. The predicted octanol–water partition coefficient (Wildman–Crippen LogP) is 3.19. The molecule has 0 aliphatic heterocycles. The number of hydrogen-bond donors (Lipinski definition) is 0. The smallest absolute Gasteiger partial charge is 0.185 e. The molecule has 0 aromatic heterocycles. The van der Waals surface area contributed by atoms with Gasteiger partial charge in [0.15, 0.2) is 5.78 Å². The molecule has 0 atom stereocenters. The maximum atomic E-state index is 12.3. The summed E-state index contributed by atoms with van der Waals surface area (Å²) in [5.41, 5.74) is 1.23. The van der Waals surface area contributed by atoms with E-state index in [9.17, 15) is 14.7 Å². The lowest BCUT2D eigenvalue weighted by molar-refractivity contribution is -0.304. The second kappa shape index (κ2) is 7.99. The van der Waals surface area contributed by atoms with E-state index in [-0.39, 0.29) is 12.2 Å². The normalized spacial score (nSPS) is 10.8. The van der Waals surface area contributed by atoms with Gasteiger partial charge >= 0.3 is 0 Å². The molecule has 0 saturated carbocycles. The molecule has 0 unspecified atom stereocenters. The molecule has 6 heteroatoms. The van der Waals surface area contributed by atoms with Gasteiger partial charge in [-0.3, -0.25) is 4.79 Å². The van der Waals surface area contributed by atoms with E-state index in [4.69, 9.17) is 27.9 Å². The van der Waals surface area contributed by atoms with E-state index in [0.717, 1.165) is 0 Å². The molecule has 24 heavy (non-hydrogen) atoms. The third kappa shape index (κ3) is 4.37. The van der Waals surface area contributed by atoms with Gasteiger partial charge in [-0.05, 0) is 42.5 Å². The Labute approximate surface area is 149 Å². The molecule has 2 rings (SSSR count). The fourth-order valence-electron chi connectivity index (χ4n) is 2.15. The topological polar surface area (TPSA) is 66.4 Å². The number of halogens is 2. The molecule has 124 valence electrons. The first kappa shape index (κ1) is 18.0. The van der Waals surface area contributed by atoms with Crippen molar-refractivity contribution in [3.63, 3.8) is 0 Å². The highest BCUT2D eigenvalue weighted by Crippen LogP contribution is 2.26. The van der Waals surface area contributed by atoms with Crippen molar-refractivity contribution in [1.82, 2.24) is 0 Å². The van der Waals surface area contributed by atoms with Crippen LogP contribution < -0.4 is 9.84 Å². The first-order valence-corrected chi connectivity index (χ1v) is 7.71. The molecule has 0 aliphatic carbocycles. The highest BCUT2D eigenvalue weighted by atomic mass is 35.5. The van der Waals surface area contributed by atoms with Crippen molar-refractivity contribution in [2.45, 2.75) is 6.42 Å². The molecule has 0 amide bonds. The lowest BCUT2D eigenvalue weighted by atomic mass is 10.0. The number of carboxylic acids is 1. The third-order valence-electron chi connectivity index (χ3n) is 3.30. The van der Waals surface area contributed by atoms with E-state index in [0.29, 0.717) is 32.5 Å². The molecule has 2 aromatic rings. The number of rotatable bonds is 6. The zero-order valence-electron chi connectivity index (χ0n) is 12.7. The van der Waals surface area contributed by atoms with Gasteiger partial charge in [-0.25, -0.2) is 0 Å². The predicted molar refractivity (Wildman–Crippen MR) is 91.5 cm³/mol. The van der Waals surface area contributed by atoms with Gasteiger partial charge in [-0.15, -0.1) is 0 Å². The number of hydrogen-bond acceptors (Lipinski definition) is 4. The van der Waals surface area contributed by atoms with Gasteiger partial charge in [0, 0.05) is 39.1 Å². The van der Waals surface area contributed by atoms with E-state index in [1.165, 1.54) is 25.3 Å². The summed E-state index contributed by atoms with van der Waals surface area (Å²) in [7, 11) is 1.43. The van der Waals surface area contributed by atoms with Crippen LogP contribution in [0.15, 0.2) is 42.5 Å². The Morgan fingerprint density at radius 1 is 1.17 bits per heavy atom. The third-order valence-corrected chi connectivity index (χ3v) is 3.96. The van der Waals surface area contributed by atoms with Gasteiger partial charge < -0.3 is 14.6 Å². The number of benzene rings is 2. The molecule has 0 fully saturated rings. The van der Waals surface area contributed by atoms with Crippen LogP contribution in [-0.2, 0) is 11.2 Å². The van der Waals surface area contributed by atoms with Crippen molar-refractivity contribution in [2.24, 2.45) is 0 Å². The Balaban J connectivity index is 2.29. The summed E-state index contributed by atoms with van der Waals surface area (Å²) in [5, 5.41) is 11.7. The van der Waals surface area contributed by atoms with E-state index >= 15 is 0 Å². The number of ether oxygens (including phenoxy) is 1. The zero-order chi connectivity index (χ0) is 17.7. The van der Waals surface area contributed by atoms with E-state index in [1.54, 1.807) is 30.3 Å². The fraction of sp³-hybridized carbons (Fsp3) is 0.111. The number of allylic oxidation sites excluding steroid dienone is 1. The summed E-state index contributed by atoms with van der Waals surface area (Å²) >= 11 is 12.1. The molecule has 0 saturated heterocycles. The average molecular weight is 364 g/mol. The Hall–Kier alpha value is -2.30. The van der Waals surface area contributed by atoms with Gasteiger partial charge in [0.2, 0.25) is 0 Å². The van der Waals surface area contributed by atoms with Crippen LogP contribution in [0.1, 0.15) is 21.5 Å². The van der Waals surface area contributed by atoms with Crippen LogP contribution in [0.4, 0.5) is 0 Å². The molecular weight excluding hydrogens is 351 g/mol. The maximum Gasteiger partial charge on any atom is 0.185 e. The van der Waals surface area contributed by atoms with Crippen LogP contribution in [0.5, 0.6) is 5.75 Å². The van der Waals surface area contributed by atoms with Crippen LogP contribution in [0.3, 0.4) is 0 Å². The Kier molecular flexibility index (Phi) is 6.01. The Bertz CT molecular complexity index is 792. The summed E-state index contributed by atoms with van der Waals surface area (Å²) in [6.45, 7) is 0. The van der Waals surface area contributed by atoms with Gasteiger partial charge in [0.1, 0.15) is 5.75 Å². The molecule has 2 aromatic carbocycles. The quantitative estimate of drug-likeness (QED) is 0.583. The van der Waals surface area contributed by atoms with Crippen molar-refractivity contribution in [1.29, 1.82) is 0 Å². The van der Waals surface area contributed by atoms with Crippen LogP contribution in [0, 0.1) is 0 Å². The van der Waals surface area contributed by atoms with Crippen LogP contribution in [-0.4, -0.2) is 18.9 Å². The molecule has 4 nitrogen and oxygen atoms in total. The lowest BCUT2D eigenvalue weighted by Crippen LogP contribution is -2.24. The van der Waals surface area contributed by atoms with Crippen molar-refractivity contribution < 1.29 is 19.4 Å². The highest BCUT2D eigenvalue weighted by Gasteiger charge is 2.09. The van der Waals surface area contributed by atoms with Gasteiger partial charge in [0.05, 0.1) is 7.11 Å². The summed E-state index contributed by atoms with van der Waals surface area (Å²) in [4.78, 5) is 23.1. The minimum atomic E-state index is -1.25. The summed E-state index contributed by atoms with van der Waals surface area (Å²) < 4.78 is 5.09. The number of carbonyl (C=O) groups excluding carboxylic acids is 2. The van der Waals surface area contributed by atoms with Crippen LogP contribution >= 0.6 is 23.2 Å². The lowest BCUT2D eigenvalue weighted by Gasteiger charge is -2.10. The average Bonchev–Trinajstić information content (AvgIpc) is 2.53. The SMILES string of the molecule is COc1ccc(C(=O)/C=C/c2c(Cl)cccc2Cl)cc1CC(=O)[O-]. The van der Waals surface area contributed by atoms with Gasteiger partial charge in [0.25, 0.3) is 0 Å². The first-order valence-electron chi connectivity index (χ1n) is 6.95. The Morgan fingerprint density at radius 3 is 2.42 bits per heavy atom. The monoisotopic (exact) mass is 363 g/mol. The maximum absolute atomic E-state index is 12.3. The van der Waals surface area contributed by atoms with E-state index in [2.05, 4.69) is 0 Å². The van der Waals surface area contributed by atoms with Crippen molar-refractivity contribution >= 4 is 41.0 Å². The number of aliphatic carboxylic acids is 1. The van der Waals surface area contributed by atoms with Crippen molar-refractivity contribution in [3.05, 3.63) is 69.2 Å². The Morgan fingerprint density at radius 2 is 1.83 bits per heavy atom. The minimum Gasteiger partial charge on any atom is -0.550 e.